The lowest BCUT2D eigenvalue weighted by Gasteiger charge is -1.96. The summed E-state index contributed by atoms with van der Waals surface area (Å²) in [4.78, 5) is 0.810. The summed E-state index contributed by atoms with van der Waals surface area (Å²) in [6.45, 7) is 0. The molecule has 0 amide bonds. The summed E-state index contributed by atoms with van der Waals surface area (Å²) in [6.07, 6.45) is 0. The first-order valence-electron chi connectivity index (χ1n) is 2.99. The normalized spacial score (nSPS) is 12.9. The zero-order chi connectivity index (χ0) is 7.40. The van der Waals surface area contributed by atoms with E-state index in [0.717, 1.165) is 4.90 Å². The van der Waals surface area contributed by atoms with E-state index in [1.807, 2.05) is 30.3 Å². The Labute approximate surface area is 62.9 Å². The second-order valence-corrected chi connectivity index (χ2v) is 3.20. The Hall–Kier alpha value is -0.670. The maximum atomic E-state index is 11.0. The Balaban J connectivity index is 2.85. The van der Waals surface area contributed by atoms with Crippen LogP contribution in [0.25, 0.3) is 0 Å². The molecule has 0 bridgehead atoms. The fraction of sp³-hybridized carbons (Fsp3) is 0.143. The van der Waals surface area contributed by atoms with E-state index in [-0.39, 0.29) is 0 Å². The molecule has 0 saturated heterocycles. The minimum absolute atomic E-state index is 0.810. The van der Waals surface area contributed by atoms with Crippen LogP contribution < -0.4 is 4.72 Å². The molecular weight excluding hydrogens is 146 g/mol. The number of benzene rings is 1. The molecule has 3 heteroatoms. The first kappa shape index (κ1) is 7.44. The summed E-state index contributed by atoms with van der Waals surface area (Å²) >= 11 is 0. The van der Waals surface area contributed by atoms with Gasteiger partial charge in [-0.05, 0) is 19.2 Å². The summed E-state index contributed by atoms with van der Waals surface area (Å²) in [5.41, 5.74) is 0. The van der Waals surface area contributed by atoms with Crippen LogP contribution in [0.5, 0.6) is 0 Å². The van der Waals surface area contributed by atoms with Gasteiger partial charge in [0.15, 0.2) is 0 Å². The molecule has 0 aliphatic carbocycles. The first-order chi connectivity index (χ1) is 4.84. The Morgan fingerprint density at radius 3 is 2.40 bits per heavy atom. The lowest BCUT2D eigenvalue weighted by Crippen LogP contribution is -2.09. The second kappa shape index (κ2) is 3.49. The molecule has 0 aliphatic rings. The molecule has 1 aromatic carbocycles. The third-order valence-corrected chi connectivity index (χ3v) is 2.21. The first-order valence-corrected chi connectivity index (χ1v) is 4.14. The van der Waals surface area contributed by atoms with Gasteiger partial charge in [0, 0.05) is 0 Å². The van der Waals surface area contributed by atoms with Crippen LogP contribution in [-0.4, -0.2) is 11.3 Å². The lowest BCUT2D eigenvalue weighted by molar-refractivity contribution is 0.678. The van der Waals surface area contributed by atoms with Crippen LogP contribution >= 0.6 is 0 Å². The van der Waals surface area contributed by atoms with Crippen molar-refractivity contribution in [3.63, 3.8) is 0 Å². The van der Waals surface area contributed by atoms with E-state index in [1.165, 1.54) is 0 Å². The number of rotatable bonds is 2. The summed E-state index contributed by atoms with van der Waals surface area (Å²) in [5, 5.41) is 0. The van der Waals surface area contributed by atoms with Gasteiger partial charge in [-0.25, -0.2) is 8.93 Å². The van der Waals surface area contributed by atoms with Crippen LogP contribution in [0.3, 0.4) is 0 Å². The van der Waals surface area contributed by atoms with E-state index in [4.69, 9.17) is 0 Å². The molecule has 0 spiro atoms. The molecule has 1 N–H and O–H groups in total. The summed E-state index contributed by atoms with van der Waals surface area (Å²) < 4.78 is 13.7. The molecular formula is C7H9NOS. The van der Waals surface area contributed by atoms with E-state index < -0.39 is 11.0 Å². The molecule has 0 aliphatic heterocycles. The average molecular weight is 155 g/mol. The molecule has 0 radical (unpaired) electrons. The minimum atomic E-state index is -1.04. The Morgan fingerprint density at radius 1 is 1.30 bits per heavy atom. The smallest absolute Gasteiger partial charge is 0.124 e. The fourth-order valence-corrected chi connectivity index (χ4v) is 1.30. The molecule has 1 atom stereocenters. The molecule has 54 valence electrons. The average Bonchev–Trinajstić information content (AvgIpc) is 2.05. The zero-order valence-electron chi connectivity index (χ0n) is 5.70. The van der Waals surface area contributed by atoms with E-state index >= 15 is 0 Å². The molecule has 2 nitrogen and oxygen atoms in total. The van der Waals surface area contributed by atoms with Crippen LogP contribution in [0.1, 0.15) is 0 Å². The highest BCUT2D eigenvalue weighted by Crippen LogP contribution is 2.01. The highest BCUT2D eigenvalue weighted by Gasteiger charge is 1.95. The lowest BCUT2D eigenvalue weighted by atomic mass is 10.4. The largest absolute Gasteiger partial charge is 0.238 e. The van der Waals surface area contributed by atoms with Gasteiger partial charge in [0.1, 0.15) is 11.0 Å². The van der Waals surface area contributed by atoms with Gasteiger partial charge in [0.25, 0.3) is 0 Å². The Bertz CT molecular complexity index is 222. The maximum absolute atomic E-state index is 11.0. The third kappa shape index (κ3) is 1.65. The van der Waals surface area contributed by atoms with E-state index in [0.29, 0.717) is 0 Å². The molecule has 0 saturated carbocycles. The predicted octanol–water partition coefficient (Wildman–Crippen LogP) is 0.929. The minimum Gasteiger partial charge on any atom is -0.238 e. The van der Waals surface area contributed by atoms with Crippen LogP contribution in [0.4, 0.5) is 0 Å². The number of hydrogen-bond acceptors (Lipinski definition) is 1. The van der Waals surface area contributed by atoms with Gasteiger partial charge in [-0.2, -0.15) is 0 Å². The van der Waals surface area contributed by atoms with E-state index in [2.05, 4.69) is 4.72 Å². The van der Waals surface area contributed by atoms with Gasteiger partial charge in [-0.15, -0.1) is 0 Å². The maximum Gasteiger partial charge on any atom is 0.124 e. The van der Waals surface area contributed by atoms with Crippen molar-refractivity contribution in [1.29, 1.82) is 0 Å². The van der Waals surface area contributed by atoms with Crippen molar-refractivity contribution in [3.8, 4) is 0 Å². The van der Waals surface area contributed by atoms with Crippen LogP contribution in [-0.2, 0) is 11.0 Å². The summed E-state index contributed by atoms with van der Waals surface area (Å²) in [5.74, 6) is 0. The Morgan fingerprint density at radius 2 is 1.90 bits per heavy atom. The van der Waals surface area contributed by atoms with E-state index in [9.17, 15) is 4.21 Å². The topological polar surface area (TPSA) is 29.1 Å². The highest BCUT2D eigenvalue weighted by atomic mass is 32.2. The Kier molecular flexibility index (Phi) is 2.59. The monoisotopic (exact) mass is 155 g/mol. The third-order valence-electron chi connectivity index (χ3n) is 1.14. The van der Waals surface area contributed by atoms with Crippen molar-refractivity contribution in [3.05, 3.63) is 30.3 Å². The van der Waals surface area contributed by atoms with Gasteiger partial charge in [0.2, 0.25) is 0 Å². The van der Waals surface area contributed by atoms with Gasteiger partial charge < -0.3 is 0 Å². The van der Waals surface area contributed by atoms with Crippen molar-refractivity contribution in [2.45, 2.75) is 4.90 Å². The van der Waals surface area contributed by atoms with Crippen LogP contribution in [0.2, 0.25) is 0 Å². The second-order valence-electron chi connectivity index (χ2n) is 1.79. The SMILES string of the molecule is CN[S@](=O)c1ccccc1. The molecule has 0 unspecified atom stereocenters. The quantitative estimate of drug-likeness (QED) is 0.676. The van der Waals surface area contributed by atoms with Crippen molar-refractivity contribution in [2.75, 3.05) is 7.05 Å². The molecule has 1 aromatic rings. The van der Waals surface area contributed by atoms with Gasteiger partial charge in [-0.3, -0.25) is 0 Å². The molecule has 1 rings (SSSR count). The molecule has 0 fully saturated rings. The van der Waals surface area contributed by atoms with Crippen molar-refractivity contribution in [1.82, 2.24) is 4.72 Å². The van der Waals surface area contributed by atoms with Crippen LogP contribution in [0, 0.1) is 0 Å². The van der Waals surface area contributed by atoms with Gasteiger partial charge in [0.05, 0.1) is 4.90 Å². The zero-order valence-corrected chi connectivity index (χ0v) is 6.52. The molecule has 0 heterocycles. The van der Waals surface area contributed by atoms with Gasteiger partial charge in [-0.1, -0.05) is 18.2 Å². The van der Waals surface area contributed by atoms with Gasteiger partial charge >= 0.3 is 0 Å². The standard InChI is InChI=1S/C7H9NOS/c1-8-10(9)7-5-3-2-4-6-7/h2-6,8H,1H3/t10-/m1/s1. The predicted molar refractivity (Wildman–Crippen MR) is 41.9 cm³/mol. The summed E-state index contributed by atoms with van der Waals surface area (Å²) in [7, 11) is 0.629. The van der Waals surface area contributed by atoms with Crippen LogP contribution in [0.15, 0.2) is 35.2 Å². The summed E-state index contributed by atoms with van der Waals surface area (Å²) in [6, 6.07) is 9.28. The number of hydrogen-bond donors (Lipinski definition) is 1. The number of nitrogens with one attached hydrogen (secondary N) is 1. The van der Waals surface area contributed by atoms with Crippen molar-refractivity contribution in [2.24, 2.45) is 0 Å². The molecule has 0 aromatic heterocycles. The highest BCUT2D eigenvalue weighted by molar-refractivity contribution is 7.83. The fourth-order valence-electron chi connectivity index (χ4n) is 0.662. The van der Waals surface area contributed by atoms with Crippen molar-refractivity contribution >= 4 is 11.0 Å². The molecule has 10 heavy (non-hydrogen) atoms. The van der Waals surface area contributed by atoms with Crippen molar-refractivity contribution < 1.29 is 4.21 Å². The van der Waals surface area contributed by atoms with E-state index in [1.54, 1.807) is 7.05 Å².